The smallest absolute Gasteiger partial charge is 0.321 e. The van der Waals surface area contributed by atoms with Gasteiger partial charge in [-0.1, -0.05) is 20.3 Å². The van der Waals surface area contributed by atoms with Crippen LogP contribution in [0.4, 0.5) is 0 Å². The molecule has 0 amide bonds. The van der Waals surface area contributed by atoms with Gasteiger partial charge in [0.1, 0.15) is 11.9 Å². The molecule has 114 valence electrons. The Kier molecular flexibility index (Phi) is 6.68. The first-order valence-corrected chi connectivity index (χ1v) is 7.43. The number of carbonyl (C=O) groups excluding carboxylic acids is 3. The van der Waals surface area contributed by atoms with E-state index < -0.39 is 17.9 Å². The normalized spacial score (nSPS) is 25.4. The van der Waals surface area contributed by atoms with E-state index in [9.17, 15) is 14.4 Å². The molecule has 3 unspecified atom stereocenters. The highest BCUT2D eigenvalue weighted by Gasteiger charge is 2.49. The van der Waals surface area contributed by atoms with E-state index in [1.54, 1.807) is 6.92 Å². The molecular formula is C15H24O5. The van der Waals surface area contributed by atoms with Crippen LogP contribution in [0.5, 0.6) is 0 Å². The van der Waals surface area contributed by atoms with Gasteiger partial charge in [0.2, 0.25) is 0 Å². The van der Waals surface area contributed by atoms with Crippen molar-refractivity contribution < 1.29 is 23.9 Å². The van der Waals surface area contributed by atoms with Crippen LogP contribution in [0.3, 0.4) is 0 Å². The lowest BCUT2D eigenvalue weighted by atomic mass is 9.84. The lowest BCUT2D eigenvalue weighted by molar-refractivity contribution is -0.156. The Bertz CT molecular complexity index is 363. The predicted molar refractivity (Wildman–Crippen MR) is 72.9 cm³/mol. The van der Waals surface area contributed by atoms with Gasteiger partial charge < -0.3 is 9.47 Å². The van der Waals surface area contributed by atoms with Crippen LogP contribution < -0.4 is 0 Å². The molecule has 1 rings (SSSR count). The number of ether oxygens (including phenoxy) is 2. The first-order valence-electron chi connectivity index (χ1n) is 7.43. The van der Waals surface area contributed by atoms with Crippen LogP contribution in [-0.2, 0) is 23.9 Å². The predicted octanol–water partition coefficient (Wildman–Crippen LogP) is 2.27. The average Bonchev–Trinajstić information content (AvgIpc) is 2.66. The maximum Gasteiger partial charge on any atom is 0.321 e. The zero-order valence-corrected chi connectivity index (χ0v) is 12.5. The topological polar surface area (TPSA) is 69.7 Å². The summed E-state index contributed by atoms with van der Waals surface area (Å²) < 4.78 is 10.2. The number of carbonyl (C=O) groups is 3. The number of esters is 2. The van der Waals surface area contributed by atoms with Gasteiger partial charge in [0, 0.05) is 18.8 Å². The van der Waals surface area contributed by atoms with Crippen LogP contribution in [0.15, 0.2) is 0 Å². The molecule has 0 aromatic rings. The molecule has 0 radical (unpaired) electrons. The van der Waals surface area contributed by atoms with Crippen LogP contribution in [0, 0.1) is 11.8 Å². The minimum atomic E-state index is -0.938. The van der Waals surface area contributed by atoms with E-state index in [1.165, 1.54) is 0 Å². The molecule has 0 saturated carbocycles. The Morgan fingerprint density at radius 3 is 2.45 bits per heavy atom. The number of cyclic esters (lactones) is 1. The van der Waals surface area contributed by atoms with Crippen molar-refractivity contribution in [2.75, 3.05) is 6.61 Å². The maximum atomic E-state index is 11.9. The van der Waals surface area contributed by atoms with Crippen LogP contribution in [0.2, 0.25) is 0 Å². The van der Waals surface area contributed by atoms with Crippen LogP contribution >= 0.6 is 0 Å². The van der Waals surface area contributed by atoms with E-state index in [1.807, 2.05) is 13.8 Å². The molecule has 0 spiro atoms. The standard InChI is InChI=1S/C15H24O5/c1-4-7-10(16)9-11-12(8-5-2)20-15(18)13(11)14(17)19-6-3/h11-13H,4-9H2,1-3H3. The first-order chi connectivity index (χ1) is 9.54. The Balaban J connectivity index is 2.84. The van der Waals surface area contributed by atoms with Gasteiger partial charge in [-0.3, -0.25) is 14.4 Å². The SMILES string of the molecule is CCCC(=O)CC1C(CCC)OC(=O)C1C(=O)OCC. The van der Waals surface area contributed by atoms with Gasteiger partial charge in [-0.2, -0.15) is 0 Å². The van der Waals surface area contributed by atoms with E-state index in [0.29, 0.717) is 12.8 Å². The molecule has 1 fully saturated rings. The number of hydrogen-bond acceptors (Lipinski definition) is 5. The molecule has 0 N–H and O–H groups in total. The number of Topliss-reactive ketones (excluding diaryl/α,β-unsaturated/α-hetero) is 1. The lowest BCUT2D eigenvalue weighted by Gasteiger charge is -2.19. The quantitative estimate of drug-likeness (QED) is 0.505. The summed E-state index contributed by atoms with van der Waals surface area (Å²) in [5.41, 5.74) is 0. The molecule has 0 aromatic heterocycles. The maximum absolute atomic E-state index is 11.9. The van der Waals surface area contributed by atoms with E-state index in [0.717, 1.165) is 12.8 Å². The van der Waals surface area contributed by atoms with Gasteiger partial charge in [0.15, 0.2) is 5.92 Å². The number of ketones is 1. The Hall–Kier alpha value is -1.39. The molecular weight excluding hydrogens is 260 g/mol. The van der Waals surface area contributed by atoms with Crippen molar-refractivity contribution in [2.24, 2.45) is 11.8 Å². The Morgan fingerprint density at radius 2 is 1.90 bits per heavy atom. The van der Waals surface area contributed by atoms with Gasteiger partial charge in [0.05, 0.1) is 6.61 Å². The number of hydrogen-bond donors (Lipinski definition) is 0. The van der Waals surface area contributed by atoms with E-state index in [4.69, 9.17) is 9.47 Å². The van der Waals surface area contributed by atoms with Crippen LogP contribution in [-0.4, -0.2) is 30.4 Å². The summed E-state index contributed by atoms with van der Waals surface area (Å²) in [4.78, 5) is 35.7. The third-order valence-electron chi connectivity index (χ3n) is 3.53. The molecule has 0 bridgehead atoms. The summed E-state index contributed by atoms with van der Waals surface area (Å²) in [7, 11) is 0. The fourth-order valence-corrected chi connectivity index (χ4v) is 2.65. The van der Waals surface area contributed by atoms with Gasteiger partial charge >= 0.3 is 11.9 Å². The summed E-state index contributed by atoms with van der Waals surface area (Å²) in [6.45, 7) is 5.83. The first kappa shape index (κ1) is 16.7. The van der Waals surface area contributed by atoms with Crippen molar-refractivity contribution >= 4 is 17.7 Å². The van der Waals surface area contributed by atoms with Gasteiger partial charge in [-0.05, 0) is 19.8 Å². The highest BCUT2D eigenvalue weighted by molar-refractivity contribution is 5.97. The van der Waals surface area contributed by atoms with E-state index in [-0.39, 0.29) is 30.8 Å². The molecule has 5 nitrogen and oxygen atoms in total. The van der Waals surface area contributed by atoms with E-state index >= 15 is 0 Å². The fraction of sp³-hybridized carbons (Fsp3) is 0.800. The van der Waals surface area contributed by atoms with Crippen LogP contribution in [0.25, 0.3) is 0 Å². The summed E-state index contributed by atoms with van der Waals surface area (Å²) in [5, 5.41) is 0. The van der Waals surface area contributed by atoms with E-state index in [2.05, 4.69) is 0 Å². The number of rotatable bonds is 8. The zero-order valence-electron chi connectivity index (χ0n) is 12.5. The molecule has 1 aliphatic heterocycles. The molecule has 5 heteroatoms. The monoisotopic (exact) mass is 284 g/mol. The van der Waals surface area contributed by atoms with Crippen molar-refractivity contribution in [1.82, 2.24) is 0 Å². The van der Waals surface area contributed by atoms with Crippen molar-refractivity contribution in [3.8, 4) is 0 Å². The Morgan fingerprint density at radius 1 is 1.20 bits per heavy atom. The van der Waals surface area contributed by atoms with Crippen molar-refractivity contribution in [3.63, 3.8) is 0 Å². The summed E-state index contributed by atoms with van der Waals surface area (Å²) in [6, 6.07) is 0. The van der Waals surface area contributed by atoms with Crippen molar-refractivity contribution in [2.45, 2.75) is 59.0 Å². The lowest BCUT2D eigenvalue weighted by Crippen LogP contribution is -2.31. The molecule has 3 atom stereocenters. The second-order valence-corrected chi connectivity index (χ2v) is 5.15. The minimum absolute atomic E-state index is 0.0752. The van der Waals surface area contributed by atoms with Crippen LogP contribution in [0.1, 0.15) is 52.9 Å². The molecule has 20 heavy (non-hydrogen) atoms. The zero-order chi connectivity index (χ0) is 15.1. The van der Waals surface area contributed by atoms with Gasteiger partial charge in [-0.25, -0.2) is 0 Å². The molecule has 1 saturated heterocycles. The summed E-state index contributed by atoms with van der Waals surface area (Å²) in [6.07, 6.45) is 2.62. The summed E-state index contributed by atoms with van der Waals surface area (Å²) >= 11 is 0. The largest absolute Gasteiger partial charge is 0.465 e. The van der Waals surface area contributed by atoms with Crippen molar-refractivity contribution in [1.29, 1.82) is 0 Å². The third-order valence-corrected chi connectivity index (χ3v) is 3.53. The second kappa shape index (κ2) is 8.02. The van der Waals surface area contributed by atoms with Crippen molar-refractivity contribution in [3.05, 3.63) is 0 Å². The second-order valence-electron chi connectivity index (χ2n) is 5.15. The molecule has 1 aliphatic rings. The average molecular weight is 284 g/mol. The minimum Gasteiger partial charge on any atom is -0.465 e. The fourth-order valence-electron chi connectivity index (χ4n) is 2.65. The highest BCUT2D eigenvalue weighted by Crippen LogP contribution is 2.35. The molecule has 1 heterocycles. The van der Waals surface area contributed by atoms with Gasteiger partial charge in [-0.15, -0.1) is 0 Å². The molecule has 0 aromatic carbocycles. The highest BCUT2D eigenvalue weighted by atomic mass is 16.6. The van der Waals surface area contributed by atoms with Gasteiger partial charge in [0.25, 0.3) is 0 Å². The third kappa shape index (κ3) is 4.05. The molecule has 0 aliphatic carbocycles. The summed E-state index contributed by atoms with van der Waals surface area (Å²) in [5.74, 6) is -2.35. The Labute approximate surface area is 120 Å².